The topological polar surface area (TPSA) is 0 Å². The highest BCUT2D eigenvalue weighted by atomic mass is 19.3. The van der Waals surface area contributed by atoms with Gasteiger partial charge in [0, 0.05) is 5.56 Å². The summed E-state index contributed by atoms with van der Waals surface area (Å²) in [4.78, 5) is 0. The Morgan fingerprint density at radius 2 is 1.12 bits per heavy atom. The lowest BCUT2D eigenvalue weighted by Crippen LogP contribution is -2.16. The number of rotatable bonds is 2. The molecule has 0 aliphatic carbocycles. The average Bonchev–Trinajstić information content (AvgIpc) is 2.23. The molecule has 1 aromatic carbocycles. The van der Waals surface area contributed by atoms with Crippen molar-refractivity contribution in [2.45, 2.75) is 40.5 Å². The Kier molecular flexibility index (Phi) is 3.22. The maximum atomic E-state index is 13.8. The second-order valence-electron chi connectivity index (χ2n) is 4.33. The number of allylic oxidation sites excluding steroid dienone is 1. The summed E-state index contributed by atoms with van der Waals surface area (Å²) < 4.78 is 27.6. The standard InChI is InChI=1S/C14H18F2/c1-7-14(15,16)13-11(5)9(3)8(2)10(4)12(13)6/h7H,1H2,2-6H3. The lowest BCUT2D eigenvalue weighted by molar-refractivity contribution is 0.0510. The third-order valence-corrected chi connectivity index (χ3v) is 3.59. The van der Waals surface area contributed by atoms with Gasteiger partial charge in [-0.25, -0.2) is 0 Å². The first-order valence-electron chi connectivity index (χ1n) is 5.32. The van der Waals surface area contributed by atoms with Gasteiger partial charge < -0.3 is 0 Å². The average molecular weight is 224 g/mol. The third kappa shape index (κ3) is 1.77. The van der Waals surface area contributed by atoms with Crippen LogP contribution >= 0.6 is 0 Å². The van der Waals surface area contributed by atoms with Crippen molar-refractivity contribution in [3.63, 3.8) is 0 Å². The van der Waals surface area contributed by atoms with Crippen LogP contribution in [0.15, 0.2) is 12.7 Å². The number of hydrogen-bond donors (Lipinski definition) is 0. The van der Waals surface area contributed by atoms with Crippen LogP contribution in [0, 0.1) is 34.6 Å². The molecule has 88 valence electrons. The molecule has 0 spiro atoms. The highest BCUT2D eigenvalue weighted by molar-refractivity contribution is 5.52. The van der Waals surface area contributed by atoms with E-state index < -0.39 is 5.92 Å². The summed E-state index contributed by atoms with van der Waals surface area (Å²) in [5, 5.41) is 0. The van der Waals surface area contributed by atoms with Gasteiger partial charge in [0.15, 0.2) is 0 Å². The SMILES string of the molecule is C=CC(F)(F)c1c(C)c(C)c(C)c(C)c1C. The zero-order valence-electron chi connectivity index (χ0n) is 10.5. The fourth-order valence-electron chi connectivity index (χ4n) is 2.10. The van der Waals surface area contributed by atoms with E-state index in [2.05, 4.69) is 6.58 Å². The Morgan fingerprint density at radius 3 is 1.44 bits per heavy atom. The molecular formula is C14H18F2. The minimum absolute atomic E-state index is 0.114. The van der Waals surface area contributed by atoms with Crippen LogP contribution in [-0.4, -0.2) is 0 Å². The van der Waals surface area contributed by atoms with E-state index in [0.717, 1.165) is 22.8 Å². The molecule has 0 amide bonds. The number of hydrogen-bond acceptors (Lipinski definition) is 0. The van der Waals surface area contributed by atoms with Crippen molar-refractivity contribution < 1.29 is 8.78 Å². The number of halogens is 2. The Bertz CT molecular complexity index is 414. The number of benzene rings is 1. The van der Waals surface area contributed by atoms with Gasteiger partial charge in [0.05, 0.1) is 0 Å². The lowest BCUT2D eigenvalue weighted by Gasteiger charge is -2.23. The Balaban J connectivity index is 3.71. The smallest absolute Gasteiger partial charge is 0.197 e. The second-order valence-corrected chi connectivity index (χ2v) is 4.33. The summed E-state index contributed by atoms with van der Waals surface area (Å²) in [7, 11) is 0. The van der Waals surface area contributed by atoms with Crippen LogP contribution in [0.2, 0.25) is 0 Å². The molecule has 1 rings (SSSR count). The van der Waals surface area contributed by atoms with Gasteiger partial charge in [0.2, 0.25) is 0 Å². The summed E-state index contributed by atoms with van der Waals surface area (Å²) >= 11 is 0. The van der Waals surface area contributed by atoms with E-state index in [4.69, 9.17) is 0 Å². The van der Waals surface area contributed by atoms with Gasteiger partial charge in [0.25, 0.3) is 5.92 Å². The van der Waals surface area contributed by atoms with E-state index in [1.54, 1.807) is 13.8 Å². The predicted molar refractivity (Wildman–Crippen MR) is 64.2 cm³/mol. The molecule has 16 heavy (non-hydrogen) atoms. The maximum absolute atomic E-state index is 13.8. The Hall–Kier alpha value is -1.18. The minimum Gasteiger partial charge on any atom is -0.197 e. The minimum atomic E-state index is -2.95. The molecule has 0 heterocycles. The van der Waals surface area contributed by atoms with Crippen molar-refractivity contribution in [3.8, 4) is 0 Å². The van der Waals surface area contributed by atoms with E-state index >= 15 is 0 Å². The van der Waals surface area contributed by atoms with E-state index in [1.807, 2.05) is 20.8 Å². The Labute approximate surface area is 96.0 Å². The second kappa shape index (κ2) is 4.00. The van der Waals surface area contributed by atoms with Crippen molar-refractivity contribution in [1.29, 1.82) is 0 Å². The molecule has 2 heteroatoms. The van der Waals surface area contributed by atoms with Crippen LogP contribution in [0.1, 0.15) is 33.4 Å². The van der Waals surface area contributed by atoms with Crippen molar-refractivity contribution in [2.75, 3.05) is 0 Å². The predicted octanol–water partition coefficient (Wildman–Crippen LogP) is 4.51. The first-order chi connectivity index (χ1) is 7.24. The maximum Gasteiger partial charge on any atom is 0.291 e. The molecule has 0 atom stereocenters. The fraction of sp³-hybridized carbons (Fsp3) is 0.429. The van der Waals surface area contributed by atoms with Gasteiger partial charge in [-0.05, 0) is 68.5 Å². The zero-order chi connectivity index (χ0) is 12.7. The molecule has 0 fully saturated rings. The normalized spacial score (nSPS) is 11.7. The van der Waals surface area contributed by atoms with Crippen molar-refractivity contribution in [3.05, 3.63) is 46.0 Å². The summed E-state index contributed by atoms with van der Waals surface area (Å²) in [6, 6.07) is 0. The van der Waals surface area contributed by atoms with Crippen LogP contribution in [0.4, 0.5) is 8.78 Å². The van der Waals surface area contributed by atoms with E-state index in [9.17, 15) is 8.78 Å². The highest BCUT2D eigenvalue weighted by Gasteiger charge is 2.32. The van der Waals surface area contributed by atoms with Crippen molar-refractivity contribution in [1.82, 2.24) is 0 Å². The van der Waals surface area contributed by atoms with Crippen LogP contribution in [0.25, 0.3) is 0 Å². The molecule has 0 bridgehead atoms. The van der Waals surface area contributed by atoms with Crippen molar-refractivity contribution >= 4 is 0 Å². The molecule has 0 aromatic heterocycles. The van der Waals surface area contributed by atoms with Crippen molar-refractivity contribution in [2.24, 2.45) is 0 Å². The first kappa shape index (κ1) is 12.9. The molecule has 0 aliphatic heterocycles. The van der Waals surface area contributed by atoms with Gasteiger partial charge in [-0.15, -0.1) is 0 Å². The quantitative estimate of drug-likeness (QED) is 0.648. The van der Waals surface area contributed by atoms with Gasteiger partial charge in [0.1, 0.15) is 0 Å². The Morgan fingerprint density at radius 1 is 0.812 bits per heavy atom. The van der Waals surface area contributed by atoms with Crippen LogP contribution in [0.5, 0.6) is 0 Å². The molecule has 0 N–H and O–H groups in total. The largest absolute Gasteiger partial charge is 0.291 e. The summed E-state index contributed by atoms with van der Waals surface area (Å²) in [6.07, 6.45) is 0.719. The third-order valence-electron chi connectivity index (χ3n) is 3.59. The molecule has 0 radical (unpaired) electrons. The lowest BCUT2D eigenvalue weighted by atomic mass is 9.87. The van der Waals surface area contributed by atoms with Crippen LogP contribution < -0.4 is 0 Å². The molecule has 0 saturated heterocycles. The highest BCUT2D eigenvalue weighted by Crippen LogP contribution is 2.38. The first-order valence-corrected chi connectivity index (χ1v) is 5.32. The summed E-state index contributed by atoms with van der Waals surface area (Å²) in [6.45, 7) is 12.5. The molecular weight excluding hydrogens is 206 g/mol. The van der Waals surface area contributed by atoms with Gasteiger partial charge >= 0.3 is 0 Å². The van der Waals surface area contributed by atoms with Crippen LogP contribution in [-0.2, 0) is 5.92 Å². The monoisotopic (exact) mass is 224 g/mol. The fourth-order valence-corrected chi connectivity index (χ4v) is 2.10. The van der Waals surface area contributed by atoms with E-state index in [0.29, 0.717) is 11.1 Å². The molecule has 0 aliphatic rings. The summed E-state index contributed by atoms with van der Waals surface area (Å²) in [5.41, 5.74) is 4.44. The molecule has 0 unspecified atom stereocenters. The van der Waals surface area contributed by atoms with Crippen LogP contribution in [0.3, 0.4) is 0 Å². The molecule has 0 nitrogen and oxygen atoms in total. The number of alkyl halides is 2. The van der Waals surface area contributed by atoms with Gasteiger partial charge in [-0.3, -0.25) is 0 Å². The van der Waals surface area contributed by atoms with E-state index in [1.165, 1.54) is 0 Å². The molecule has 0 saturated carbocycles. The van der Waals surface area contributed by atoms with E-state index in [-0.39, 0.29) is 5.56 Å². The summed E-state index contributed by atoms with van der Waals surface area (Å²) in [5.74, 6) is -2.95. The molecule has 1 aromatic rings. The van der Waals surface area contributed by atoms with Gasteiger partial charge in [-0.1, -0.05) is 6.58 Å². The zero-order valence-corrected chi connectivity index (χ0v) is 10.5. The van der Waals surface area contributed by atoms with Gasteiger partial charge in [-0.2, -0.15) is 8.78 Å².